The minimum absolute atomic E-state index is 0.547. The first kappa shape index (κ1) is 16.2. The highest BCUT2D eigenvalue weighted by atomic mass is 16.5. The lowest BCUT2D eigenvalue weighted by atomic mass is 9.93. The number of benzene rings is 1. The zero-order valence-corrected chi connectivity index (χ0v) is 14.5. The Balaban J connectivity index is 1.63. The Morgan fingerprint density at radius 1 is 1.30 bits per heavy atom. The zero-order valence-electron chi connectivity index (χ0n) is 14.5. The summed E-state index contributed by atoms with van der Waals surface area (Å²) in [6, 6.07) is 9.29. The first-order valence-corrected chi connectivity index (χ1v) is 8.78. The standard InChI is InChI=1S/C19H27N3O/c1-4-5-10-18-20-19(23-21-18)13-22-12-16(11-15(22)3)17-9-7-6-8-14(17)2/h6-9,15-16H,4-5,10-13H2,1-3H3/t15-,16+/m1/s1. The van der Waals surface area contributed by atoms with Gasteiger partial charge in [0.2, 0.25) is 5.89 Å². The Labute approximate surface area is 138 Å². The van der Waals surface area contributed by atoms with Crippen LogP contribution in [0.1, 0.15) is 61.9 Å². The van der Waals surface area contributed by atoms with Crippen molar-refractivity contribution in [3.63, 3.8) is 0 Å². The number of rotatable bonds is 6. The molecule has 23 heavy (non-hydrogen) atoms. The molecule has 1 aliphatic rings. The van der Waals surface area contributed by atoms with E-state index in [1.54, 1.807) is 0 Å². The lowest BCUT2D eigenvalue weighted by Crippen LogP contribution is -2.26. The summed E-state index contributed by atoms with van der Waals surface area (Å²) in [5.74, 6) is 2.21. The van der Waals surface area contributed by atoms with Gasteiger partial charge in [0.25, 0.3) is 0 Å². The Morgan fingerprint density at radius 3 is 2.91 bits per heavy atom. The fraction of sp³-hybridized carbons (Fsp3) is 0.579. The van der Waals surface area contributed by atoms with E-state index in [0.717, 1.165) is 44.1 Å². The molecule has 0 bridgehead atoms. The second kappa shape index (κ2) is 7.26. The summed E-state index contributed by atoms with van der Waals surface area (Å²) in [6.45, 7) is 8.52. The van der Waals surface area contributed by atoms with Crippen molar-refractivity contribution in [2.75, 3.05) is 6.54 Å². The number of hydrogen-bond donors (Lipinski definition) is 0. The second-order valence-electron chi connectivity index (χ2n) is 6.78. The fourth-order valence-corrected chi connectivity index (χ4v) is 3.55. The summed E-state index contributed by atoms with van der Waals surface area (Å²) in [6.07, 6.45) is 4.39. The summed E-state index contributed by atoms with van der Waals surface area (Å²) in [4.78, 5) is 7.01. The van der Waals surface area contributed by atoms with Gasteiger partial charge in [0.1, 0.15) is 0 Å². The molecule has 0 N–H and O–H groups in total. The van der Waals surface area contributed by atoms with Crippen LogP contribution in [0.2, 0.25) is 0 Å². The molecule has 2 heterocycles. The first-order chi connectivity index (χ1) is 11.2. The van der Waals surface area contributed by atoms with Crippen LogP contribution in [0.25, 0.3) is 0 Å². The smallest absolute Gasteiger partial charge is 0.240 e. The van der Waals surface area contributed by atoms with Gasteiger partial charge in [-0.25, -0.2) is 0 Å². The van der Waals surface area contributed by atoms with Crippen LogP contribution in [0.3, 0.4) is 0 Å². The van der Waals surface area contributed by atoms with E-state index in [1.807, 2.05) is 0 Å². The van der Waals surface area contributed by atoms with E-state index in [2.05, 4.69) is 60.1 Å². The predicted molar refractivity (Wildman–Crippen MR) is 91.3 cm³/mol. The normalized spacial score (nSPS) is 21.9. The number of aryl methyl sites for hydroxylation is 2. The molecule has 124 valence electrons. The highest BCUT2D eigenvalue weighted by molar-refractivity contribution is 5.30. The lowest BCUT2D eigenvalue weighted by Gasteiger charge is -2.18. The molecule has 0 unspecified atom stereocenters. The molecule has 1 saturated heterocycles. The van der Waals surface area contributed by atoms with Crippen LogP contribution in [0, 0.1) is 6.92 Å². The van der Waals surface area contributed by atoms with Gasteiger partial charge in [0, 0.05) is 19.0 Å². The van der Waals surface area contributed by atoms with Crippen molar-refractivity contribution < 1.29 is 4.52 Å². The van der Waals surface area contributed by atoms with Crippen molar-refractivity contribution in [1.82, 2.24) is 15.0 Å². The molecule has 3 rings (SSSR count). The SMILES string of the molecule is CCCCc1noc(CN2C[C@@H](c3ccccc3C)C[C@H]2C)n1. The molecule has 4 nitrogen and oxygen atoms in total. The van der Waals surface area contributed by atoms with Gasteiger partial charge in [-0.3, -0.25) is 4.90 Å². The molecular formula is C19H27N3O. The summed E-state index contributed by atoms with van der Waals surface area (Å²) < 4.78 is 5.43. The van der Waals surface area contributed by atoms with E-state index in [4.69, 9.17) is 4.52 Å². The average Bonchev–Trinajstić information content (AvgIpc) is 3.13. The minimum atomic E-state index is 0.547. The van der Waals surface area contributed by atoms with Gasteiger partial charge in [0.15, 0.2) is 5.82 Å². The molecule has 1 aromatic carbocycles. The first-order valence-electron chi connectivity index (χ1n) is 8.78. The average molecular weight is 313 g/mol. The van der Waals surface area contributed by atoms with Crippen molar-refractivity contribution >= 4 is 0 Å². The quantitative estimate of drug-likeness (QED) is 0.805. The third-order valence-electron chi connectivity index (χ3n) is 4.93. The molecule has 2 aromatic rings. The summed E-state index contributed by atoms with van der Waals surface area (Å²) in [5.41, 5.74) is 2.88. The molecule has 0 amide bonds. The van der Waals surface area contributed by atoms with Gasteiger partial charge in [-0.2, -0.15) is 4.98 Å². The number of nitrogens with zero attached hydrogens (tertiary/aromatic N) is 3. The van der Waals surface area contributed by atoms with Crippen LogP contribution in [0.4, 0.5) is 0 Å². The summed E-state index contributed by atoms with van der Waals surface area (Å²) in [7, 11) is 0. The second-order valence-corrected chi connectivity index (χ2v) is 6.78. The van der Waals surface area contributed by atoms with Gasteiger partial charge in [-0.1, -0.05) is 42.8 Å². The van der Waals surface area contributed by atoms with E-state index in [9.17, 15) is 0 Å². The Hall–Kier alpha value is -1.68. The zero-order chi connectivity index (χ0) is 16.2. The molecule has 0 aliphatic carbocycles. The molecule has 1 aliphatic heterocycles. The van der Waals surface area contributed by atoms with Crippen LogP contribution in [-0.2, 0) is 13.0 Å². The molecule has 0 spiro atoms. The monoisotopic (exact) mass is 313 g/mol. The highest BCUT2D eigenvalue weighted by Gasteiger charge is 2.31. The third kappa shape index (κ3) is 3.81. The molecular weight excluding hydrogens is 286 g/mol. The number of aromatic nitrogens is 2. The largest absolute Gasteiger partial charge is 0.338 e. The van der Waals surface area contributed by atoms with E-state index in [1.165, 1.54) is 17.5 Å². The van der Waals surface area contributed by atoms with E-state index < -0.39 is 0 Å². The summed E-state index contributed by atoms with van der Waals surface area (Å²) in [5, 5.41) is 4.10. The summed E-state index contributed by atoms with van der Waals surface area (Å²) >= 11 is 0. The van der Waals surface area contributed by atoms with Crippen molar-refractivity contribution in [3.8, 4) is 0 Å². The van der Waals surface area contributed by atoms with E-state index in [-0.39, 0.29) is 0 Å². The van der Waals surface area contributed by atoms with Crippen molar-refractivity contribution in [2.45, 2.75) is 65.0 Å². The molecule has 1 aromatic heterocycles. The molecule has 0 radical (unpaired) electrons. The third-order valence-corrected chi connectivity index (χ3v) is 4.93. The molecule has 2 atom stereocenters. The maximum atomic E-state index is 5.43. The van der Waals surface area contributed by atoms with Crippen molar-refractivity contribution in [3.05, 3.63) is 47.1 Å². The van der Waals surface area contributed by atoms with Crippen molar-refractivity contribution in [2.24, 2.45) is 0 Å². The molecule has 1 fully saturated rings. The van der Waals surface area contributed by atoms with Gasteiger partial charge in [-0.05, 0) is 43.7 Å². The lowest BCUT2D eigenvalue weighted by molar-refractivity contribution is 0.220. The van der Waals surface area contributed by atoms with Gasteiger partial charge in [-0.15, -0.1) is 0 Å². The Kier molecular flexibility index (Phi) is 5.11. The highest BCUT2D eigenvalue weighted by Crippen LogP contribution is 2.33. The van der Waals surface area contributed by atoms with E-state index >= 15 is 0 Å². The number of hydrogen-bond acceptors (Lipinski definition) is 4. The van der Waals surface area contributed by atoms with Gasteiger partial charge >= 0.3 is 0 Å². The van der Waals surface area contributed by atoms with E-state index in [0.29, 0.717) is 12.0 Å². The van der Waals surface area contributed by atoms with Crippen molar-refractivity contribution in [1.29, 1.82) is 0 Å². The Morgan fingerprint density at radius 2 is 2.13 bits per heavy atom. The van der Waals surface area contributed by atoms with Crippen LogP contribution >= 0.6 is 0 Å². The Bertz CT molecular complexity index is 637. The van der Waals surface area contributed by atoms with Gasteiger partial charge < -0.3 is 4.52 Å². The number of unbranched alkanes of at least 4 members (excludes halogenated alkanes) is 1. The molecule has 0 saturated carbocycles. The number of likely N-dealkylation sites (tertiary alicyclic amines) is 1. The van der Waals surface area contributed by atoms with Crippen LogP contribution < -0.4 is 0 Å². The van der Waals surface area contributed by atoms with Crippen LogP contribution in [0.5, 0.6) is 0 Å². The van der Waals surface area contributed by atoms with Gasteiger partial charge in [0.05, 0.1) is 6.54 Å². The fourth-order valence-electron chi connectivity index (χ4n) is 3.55. The predicted octanol–water partition coefficient (Wildman–Crippen LogP) is 4.10. The topological polar surface area (TPSA) is 42.2 Å². The minimum Gasteiger partial charge on any atom is -0.338 e. The molecule has 4 heteroatoms. The maximum Gasteiger partial charge on any atom is 0.240 e. The van der Waals surface area contributed by atoms with Crippen LogP contribution in [0.15, 0.2) is 28.8 Å². The maximum absolute atomic E-state index is 5.43. The van der Waals surface area contributed by atoms with Crippen LogP contribution in [-0.4, -0.2) is 27.6 Å².